The minimum atomic E-state index is -0.726. The molecule has 0 spiro atoms. The van der Waals surface area contributed by atoms with E-state index < -0.39 is 18.5 Å². The van der Waals surface area contributed by atoms with E-state index in [4.69, 9.17) is 16.3 Å². The Morgan fingerprint density at radius 1 is 1.09 bits per heavy atom. The van der Waals surface area contributed by atoms with Gasteiger partial charge in [0.15, 0.2) is 6.61 Å². The second-order valence-electron chi connectivity index (χ2n) is 9.12. The first-order valence-electron chi connectivity index (χ1n) is 11.1. The lowest BCUT2D eigenvalue weighted by Crippen LogP contribution is -2.33. The normalized spacial score (nSPS) is 24.8. The number of carbonyl (C=O) groups is 4. The van der Waals surface area contributed by atoms with Gasteiger partial charge in [-0.25, -0.2) is 9.69 Å². The van der Waals surface area contributed by atoms with Gasteiger partial charge in [-0.2, -0.15) is 0 Å². The Balaban J connectivity index is 1.25. The summed E-state index contributed by atoms with van der Waals surface area (Å²) in [6.45, 7) is 3.37. The van der Waals surface area contributed by atoms with Crippen molar-refractivity contribution >= 4 is 46.7 Å². The quantitative estimate of drug-likeness (QED) is 0.396. The maximum Gasteiger partial charge on any atom is 0.338 e. The lowest BCUT2D eigenvalue weighted by Gasteiger charge is -2.19. The van der Waals surface area contributed by atoms with Gasteiger partial charge in [0.1, 0.15) is 0 Å². The Labute approximate surface area is 201 Å². The number of hydrogen-bond acceptors (Lipinski definition) is 5. The molecule has 8 heteroatoms. The van der Waals surface area contributed by atoms with Crippen LogP contribution in [0.1, 0.15) is 29.3 Å². The maximum atomic E-state index is 13.1. The van der Waals surface area contributed by atoms with Crippen molar-refractivity contribution in [3.05, 3.63) is 70.3 Å². The van der Waals surface area contributed by atoms with E-state index in [1.807, 2.05) is 13.8 Å². The molecule has 0 unspecified atom stereocenters. The zero-order chi connectivity index (χ0) is 24.1. The highest BCUT2D eigenvalue weighted by Crippen LogP contribution is 2.55. The highest BCUT2D eigenvalue weighted by Gasteiger charge is 2.60. The number of nitrogens with one attached hydrogen (secondary N) is 1. The predicted octanol–water partition coefficient (Wildman–Crippen LogP) is 4.15. The molecule has 2 fully saturated rings. The summed E-state index contributed by atoms with van der Waals surface area (Å²) >= 11 is 6.06. The number of carbonyl (C=O) groups excluding carboxylic acids is 4. The van der Waals surface area contributed by atoms with Crippen molar-refractivity contribution in [1.29, 1.82) is 0 Å². The number of benzene rings is 2. The second-order valence-corrected chi connectivity index (χ2v) is 9.53. The number of anilines is 2. The third-order valence-corrected chi connectivity index (χ3v) is 7.42. The number of rotatable bonds is 5. The molecule has 4 atom stereocenters. The van der Waals surface area contributed by atoms with E-state index >= 15 is 0 Å². The highest BCUT2D eigenvalue weighted by molar-refractivity contribution is 6.31. The second kappa shape index (κ2) is 8.40. The number of ether oxygens (including phenoxy) is 1. The van der Waals surface area contributed by atoms with E-state index in [1.165, 1.54) is 22.6 Å². The number of fused-ring (bicyclic) bond motifs is 5. The number of imide groups is 1. The Hall–Kier alpha value is -3.45. The van der Waals surface area contributed by atoms with E-state index in [1.54, 1.807) is 30.3 Å². The average molecular weight is 479 g/mol. The smallest absolute Gasteiger partial charge is 0.338 e. The number of hydrogen-bond donors (Lipinski definition) is 1. The number of halogens is 1. The summed E-state index contributed by atoms with van der Waals surface area (Å²) in [7, 11) is 0. The van der Waals surface area contributed by atoms with Gasteiger partial charge in [0, 0.05) is 10.7 Å². The molecule has 2 aromatic rings. The van der Waals surface area contributed by atoms with Crippen molar-refractivity contribution in [2.24, 2.45) is 23.7 Å². The van der Waals surface area contributed by atoms with E-state index in [-0.39, 0.29) is 41.0 Å². The van der Waals surface area contributed by atoms with Crippen LogP contribution >= 0.6 is 11.6 Å². The van der Waals surface area contributed by atoms with Crippen LogP contribution in [0.5, 0.6) is 0 Å². The standard InChI is InChI=1S/C26H23ClN2O5/c1-13-6-7-17(11-20(13)27)28-21(30)12-34-26(33)15-4-3-5-18(9-15)29-24(31)22-16-8-14(2)19(10-16)23(22)25(29)32/h3-9,11,16,19,22-23H,10,12H2,1-2H3,(H,28,30)/t16-,19+,22-,23-/m0/s1. The van der Waals surface area contributed by atoms with Crippen LogP contribution in [0.25, 0.3) is 0 Å². The molecule has 1 heterocycles. The zero-order valence-corrected chi connectivity index (χ0v) is 19.5. The molecule has 5 rings (SSSR count). The fourth-order valence-electron chi connectivity index (χ4n) is 5.38. The van der Waals surface area contributed by atoms with Gasteiger partial charge < -0.3 is 10.1 Å². The summed E-state index contributed by atoms with van der Waals surface area (Å²) in [6, 6.07) is 11.3. The van der Waals surface area contributed by atoms with Crippen LogP contribution in [0.4, 0.5) is 11.4 Å². The van der Waals surface area contributed by atoms with Gasteiger partial charge in [0.25, 0.3) is 5.91 Å². The molecule has 0 aromatic heterocycles. The third kappa shape index (κ3) is 3.70. The predicted molar refractivity (Wildman–Crippen MR) is 126 cm³/mol. The van der Waals surface area contributed by atoms with Crippen LogP contribution in [-0.2, 0) is 19.1 Å². The molecule has 1 N–H and O–H groups in total. The van der Waals surface area contributed by atoms with E-state index in [0.717, 1.165) is 12.0 Å². The monoisotopic (exact) mass is 478 g/mol. The van der Waals surface area contributed by atoms with Gasteiger partial charge in [0.05, 0.1) is 23.1 Å². The largest absolute Gasteiger partial charge is 0.452 e. The number of allylic oxidation sites excluding steroid dienone is 2. The van der Waals surface area contributed by atoms with Crippen molar-refractivity contribution in [3.8, 4) is 0 Å². The van der Waals surface area contributed by atoms with Gasteiger partial charge in [-0.1, -0.05) is 35.4 Å². The topological polar surface area (TPSA) is 92.8 Å². The summed E-state index contributed by atoms with van der Waals surface area (Å²) in [5, 5.41) is 3.14. The molecule has 1 saturated heterocycles. The van der Waals surface area contributed by atoms with E-state index in [9.17, 15) is 19.2 Å². The Morgan fingerprint density at radius 2 is 1.85 bits per heavy atom. The summed E-state index contributed by atoms with van der Waals surface area (Å²) in [5.74, 6) is -2.09. The van der Waals surface area contributed by atoms with Crippen molar-refractivity contribution in [3.63, 3.8) is 0 Å². The molecule has 0 radical (unpaired) electrons. The molecule has 2 bridgehead atoms. The summed E-state index contributed by atoms with van der Waals surface area (Å²) in [4.78, 5) is 52.2. The Bertz CT molecular complexity index is 1270. The minimum absolute atomic E-state index is 0.103. The first-order chi connectivity index (χ1) is 16.2. The molecule has 34 heavy (non-hydrogen) atoms. The lowest BCUT2D eigenvalue weighted by atomic mass is 9.82. The molecular weight excluding hydrogens is 456 g/mol. The van der Waals surface area contributed by atoms with Gasteiger partial charge in [-0.3, -0.25) is 14.4 Å². The van der Waals surface area contributed by atoms with Crippen LogP contribution < -0.4 is 10.2 Å². The van der Waals surface area contributed by atoms with Crippen molar-refractivity contribution in [2.45, 2.75) is 20.3 Å². The van der Waals surface area contributed by atoms with Gasteiger partial charge >= 0.3 is 5.97 Å². The van der Waals surface area contributed by atoms with Gasteiger partial charge in [-0.15, -0.1) is 0 Å². The van der Waals surface area contributed by atoms with Crippen LogP contribution in [-0.4, -0.2) is 30.3 Å². The molecule has 1 saturated carbocycles. The van der Waals surface area contributed by atoms with E-state index in [0.29, 0.717) is 16.4 Å². The van der Waals surface area contributed by atoms with Crippen molar-refractivity contribution in [2.75, 3.05) is 16.8 Å². The van der Waals surface area contributed by atoms with Gasteiger partial charge in [-0.05, 0) is 68.0 Å². The SMILES string of the molecule is CC1=C[C@H]2C[C@H]1[C@@H]1C(=O)N(c3cccc(C(=O)OCC(=O)Nc4ccc(C)c(Cl)c4)c3)C(=O)[C@H]12. The lowest BCUT2D eigenvalue weighted by molar-refractivity contribution is -0.123. The Kier molecular flexibility index (Phi) is 5.52. The maximum absolute atomic E-state index is 13.1. The summed E-state index contributed by atoms with van der Waals surface area (Å²) in [6.07, 6.45) is 2.97. The molecule has 2 aromatic carbocycles. The molecule has 3 amide bonds. The van der Waals surface area contributed by atoms with Crippen molar-refractivity contribution in [1.82, 2.24) is 0 Å². The summed E-state index contributed by atoms with van der Waals surface area (Å²) < 4.78 is 5.14. The van der Waals surface area contributed by atoms with Crippen molar-refractivity contribution < 1.29 is 23.9 Å². The Morgan fingerprint density at radius 3 is 2.62 bits per heavy atom. The number of esters is 1. The fourth-order valence-corrected chi connectivity index (χ4v) is 5.56. The third-order valence-electron chi connectivity index (χ3n) is 7.01. The molecule has 2 aliphatic carbocycles. The molecule has 3 aliphatic rings. The zero-order valence-electron chi connectivity index (χ0n) is 18.7. The first kappa shape index (κ1) is 22.3. The highest BCUT2D eigenvalue weighted by atomic mass is 35.5. The number of amides is 3. The van der Waals surface area contributed by atoms with Crippen LogP contribution in [0.2, 0.25) is 5.02 Å². The van der Waals surface area contributed by atoms with Gasteiger partial charge in [0.2, 0.25) is 11.8 Å². The molecule has 7 nitrogen and oxygen atoms in total. The molecule has 174 valence electrons. The van der Waals surface area contributed by atoms with Crippen LogP contribution in [0.3, 0.4) is 0 Å². The first-order valence-corrected chi connectivity index (χ1v) is 11.5. The summed E-state index contributed by atoms with van der Waals surface area (Å²) in [5.41, 5.74) is 3.04. The van der Waals surface area contributed by atoms with Crippen LogP contribution in [0.15, 0.2) is 54.1 Å². The van der Waals surface area contributed by atoms with E-state index in [2.05, 4.69) is 11.4 Å². The molecular formula is C26H23ClN2O5. The average Bonchev–Trinajstić information content (AvgIpc) is 3.45. The number of aryl methyl sites for hydroxylation is 1. The fraction of sp³-hybridized carbons (Fsp3) is 0.308. The van der Waals surface area contributed by atoms with Crippen LogP contribution in [0, 0.1) is 30.6 Å². The molecule has 1 aliphatic heterocycles. The number of nitrogens with zero attached hydrogens (tertiary/aromatic N) is 1. The minimum Gasteiger partial charge on any atom is -0.452 e.